The molecule has 1 N–H and O–H groups in total. The first-order valence-electron chi connectivity index (χ1n) is 3.36. The molecular weight excluding hydrogens is 262 g/mol. The molecule has 0 aliphatic heterocycles. The molecule has 5 heteroatoms. The van der Waals surface area contributed by atoms with Crippen LogP contribution in [-0.2, 0) is 11.2 Å². The second-order valence-corrected chi connectivity index (χ2v) is 3.64. The van der Waals surface area contributed by atoms with Crippen molar-refractivity contribution in [3.63, 3.8) is 0 Å². The minimum absolute atomic E-state index is 0.142. The summed E-state index contributed by atoms with van der Waals surface area (Å²) in [5.74, 6) is -1.66. The van der Waals surface area contributed by atoms with Crippen LogP contribution < -0.4 is 0 Å². The summed E-state index contributed by atoms with van der Waals surface area (Å²) in [4.78, 5) is 10.3. The molecule has 1 aromatic carbocycles. The van der Waals surface area contributed by atoms with Gasteiger partial charge in [-0.15, -0.1) is 0 Å². The molecule has 13 heavy (non-hydrogen) atoms. The van der Waals surface area contributed by atoms with E-state index in [-0.39, 0.29) is 21.5 Å². The predicted octanol–water partition coefficient (Wildman–Crippen LogP) is 2.87. The van der Waals surface area contributed by atoms with E-state index in [9.17, 15) is 9.18 Å². The topological polar surface area (TPSA) is 37.3 Å². The van der Waals surface area contributed by atoms with E-state index >= 15 is 0 Å². The standard InChI is InChI=1S/C8H5BrClFO2/c9-5-2-1-4(3-6(12)13)7(10)8(5)11/h1-2H,3H2,(H,12,13). The molecule has 0 heterocycles. The highest BCUT2D eigenvalue weighted by Gasteiger charge is 2.11. The molecule has 0 spiro atoms. The molecule has 1 rings (SSSR count). The van der Waals surface area contributed by atoms with Gasteiger partial charge in [0.15, 0.2) is 5.82 Å². The van der Waals surface area contributed by atoms with E-state index in [4.69, 9.17) is 16.7 Å². The number of hydrogen-bond acceptors (Lipinski definition) is 1. The van der Waals surface area contributed by atoms with Gasteiger partial charge in [-0.1, -0.05) is 17.7 Å². The number of carbonyl (C=O) groups is 1. The number of benzene rings is 1. The average molecular weight is 267 g/mol. The van der Waals surface area contributed by atoms with Crippen LogP contribution in [0, 0.1) is 5.82 Å². The third kappa shape index (κ3) is 2.42. The Morgan fingerprint density at radius 2 is 2.23 bits per heavy atom. The highest BCUT2D eigenvalue weighted by molar-refractivity contribution is 9.10. The van der Waals surface area contributed by atoms with Crippen LogP contribution in [-0.4, -0.2) is 11.1 Å². The number of rotatable bonds is 2. The first-order chi connectivity index (χ1) is 6.02. The van der Waals surface area contributed by atoms with Crippen LogP contribution in [0.3, 0.4) is 0 Å². The van der Waals surface area contributed by atoms with Gasteiger partial charge >= 0.3 is 5.97 Å². The molecule has 2 nitrogen and oxygen atoms in total. The lowest BCUT2D eigenvalue weighted by Crippen LogP contribution is -2.01. The number of hydrogen-bond donors (Lipinski definition) is 1. The second-order valence-electron chi connectivity index (χ2n) is 2.40. The van der Waals surface area contributed by atoms with Crippen molar-refractivity contribution in [3.05, 3.63) is 33.0 Å². The Hall–Kier alpha value is -0.610. The fourth-order valence-electron chi connectivity index (χ4n) is 0.865. The van der Waals surface area contributed by atoms with E-state index in [1.54, 1.807) is 0 Å². The van der Waals surface area contributed by atoms with Crippen LogP contribution in [0.15, 0.2) is 16.6 Å². The van der Waals surface area contributed by atoms with Crippen molar-refractivity contribution in [1.82, 2.24) is 0 Å². The monoisotopic (exact) mass is 266 g/mol. The smallest absolute Gasteiger partial charge is 0.307 e. The van der Waals surface area contributed by atoms with E-state index in [1.165, 1.54) is 12.1 Å². The maximum atomic E-state index is 13.1. The summed E-state index contributed by atoms with van der Waals surface area (Å²) < 4.78 is 13.3. The van der Waals surface area contributed by atoms with E-state index in [2.05, 4.69) is 15.9 Å². The quantitative estimate of drug-likeness (QED) is 0.837. The van der Waals surface area contributed by atoms with Crippen molar-refractivity contribution >= 4 is 33.5 Å². The highest BCUT2D eigenvalue weighted by Crippen LogP contribution is 2.26. The number of carboxylic acids is 1. The molecule has 1 aromatic rings. The molecule has 0 bridgehead atoms. The third-order valence-electron chi connectivity index (χ3n) is 1.46. The van der Waals surface area contributed by atoms with E-state index in [0.29, 0.717) is 0 Å². The lowest BCUT2D eigenvalue weighted by molar-refractivity contribution is -0.136. The summed E-state index contributed by atoms with van der Waals surface area (Å²) in [7, 11) is 0. The SMILES string of the molecule is O=C(O)Cc1ccc(Br)c(F)c1Cl. The fraction of sp³-hybridized carbons (Fsp3) is 0.125. The Morgan fingerprint density at radius 1 is 1.62 bits per heavy atom. The first kappa shape index (κ1) is 10.5. The third-order valence-corrected chi connectivity index (χ3v) is 2.48. The maximum absolute atomic E-state index is 13.1. The molecule has 0 saturated heterocycles. The van der Waals surface area contributed by atoms with Gasteiger partial charge in [-0.05, 0) is 27.6 Å². The Bertz CT molecular complexity index is 354. The van der Waals surface area contributed by atoms with Gasteiger partial charge in [-0.3, -0.25) is 4.79 Å². The summed E-state index contributed by atoms with van der Waals surface area (Å²) >= 11 is 8.51. The van der Waals surface area contributed by atoms with Crippen LogP contribution in [0.25, 0.3) is 0 Å². The molecule has 70 valence electrons. The van der Waals surface area contributed by atoms with Gasteiger partial charge < -0.3 is 5.11 Å². The van der Waals surface area contributed by atoms with E-state index < -0.39 is 11.8 Å². The Kier molecular flexibility index (Phi) is 3.27. The van der Waals surface area contributed by atoms with Gasteiger partial charge in [-0.25, -0.2) is 4.39 Å². The van der Waals surface area contributed by atoms with Crippen molar-refractivity contribution in [2.75, 3.05) is 0 Å². The summed E-state index contributed by atoms with van der Waals surface area (Å²) in [5.41, 5.74) is 0.273. The Balaban J connectivity index is 3.10. The molecule has 0 radical (unpaired) electrons. The summed E-state index contributed by atoms with van der Waals surface area (Å²) in [6, 6.07) is 2.91. The number of halogens is 3. The van der Waals surface area contributed by atoms with Crippen molar-refractivity contribution in [1.29, 1.82) is 0 Å². The second kappa shape index (κ2) is 4.07. The Morgan fingerprint density at radius 3 is 2.77 bits per heavy atom. The van der Waals surface area contributed by atoms with Gasteiger partial charge in [-0.2, -0.15) is 0 Å². The lowest BCUT2D eigenvalue weighted by atomic mass is 10.1. The minimum Gasteiger partial charge on any atom is -0.481 e. The molecule has 0 atom stereocenters. The van der Waals surface area contributed by atoms with Crippen molar-refractivity contribution in [3.8, 4) is 0 Å². The van der Waals surface area contributed by atoms with Gasteiger partial charge in [0, 0.05) is 0 Å². The normalized spacial score (nSPS) is 10.1. The van der Waals surface area contributed by atoms with Gasteiger partial charge in [0.25, 0.3) is 0 Å². The minimum atomic E-state index is -1.04. The summed E-state index contributed by atoms with van der Waals surface area (Å²) in [6.45, 7) is 0. The molecule has 0 aliphatic rings. The zero-order chi connectivity index (χ0) is 10.0. The van der Waals surface area contributed by atoms with Crippen molar-refractivity contribution < 1.29 is 14.3 Å². The van der Waals surface area contributed by atoms with Crippen molar-refractivity contribution in [2.45, 2.75) is 6.42 Å². The molecule has 0 saturated carbocycles. The van der Waals surface area contributed by atoms with E-state index in [1.807, 2.05) is 0 Å². The van der Waals surface area contributed by atoms with Crippen LogP contribution >= 0.6 is 27.5 Å². The first-order valence-corrected chi connectivity index (χ1v) is 4.53. The highest BCUT2D eigenvalue weighted by atomic mass is 79.9. The molecule has 0 fully saturated rings. The van der Waals surface area contributed by atoms with Crippen LogP contribution in [0.5, 0.6) is 0 Å². The zero-order valence-electron chi connectivity index (χ0n) is 6.35. The maximum Gasteiger partial charge on any atom is 0.307 e. The van der Waals surface area contributed by atoms with Crippen LogP contribution in [0.4, 0.5) is 4.39 Å². The number of carboxylic acid groups (broad SMARTS) is 1. The van der Waals surface area contributed by atoms with Crippen LogP contribution in [0.1, 0.15) is 5.56 Å². The Labute approximate surface area is 87.5 Å². The molecular formula is C8H5BrClFO2. The van der Waals surface area contributed by atoms with Gasteiger partial charge in [0.2, 0.25) is 0 Å². The lowest BCUT2D eigenvalue weighted by Gasteiger charge is -2.03. The van der Waals surface area contributed by atoms with Crippen molar-refractivity contribution in [2.24, 2.45) is 0 Å². The fourth-order valence-corrected chi connectivity index (χ4v) is 1.54. The summed E-state index contributed by atoms with van der Waals surface area (Å²) in [5, 5.41) is 8.32. The number of aliphatic carboxylic acids is 1. The average Bonchev–Trinajstić information content (AvgIpc) is 2.06. The molecule has 0 amide bonds. The largest absolute Gasteiger partial charge is 0.481 e. The van der Waals surface area contributed by atoms with Gasteiger partial charge in [0.1, 0.15) is 0 Å². The summed E-state index contributed by atoms with van der Waals surface area (Å²) in [6.07, 6.45) is -0.275. The van der Waals surface area contributed by atoms with Gasteiger partial charge in [0.05, 0.1) is 15.9 Å². The molecule has 0 unspecified atom stereocenters. The van der Waals surface area contributed by atoms with E-state index in [0.717, 1.165) is 0 Å². The predicted molar refractivity (Wildman–Crippen MR) is 50.4 cm³/mol. The van der Waals surface area contributed by atoms with Crippen LogP contribution in [0.2, 0.25) is 5.02 Å². The molecule has 0 aliphatic carbocycles. The zero-order valence-corrected chi connectivity index (χ0v) is 8.69. The molecule has 0 aromatic heterocycles.